The second-order valence-electron chi connectivity index (χ2n) is 5.13. The van der Waals surface area contributed by atoms with E-state index in [1.807, 2.05) is 18.2 Å². The Morgan fingerprint density at radius 3 is 2.52 bits per heavy atom. The number of carbonyl (C=O) groups excluding carboxylic acids is 2. The number of Topliss-reactive ketones (excluding diaryl/α,β-unsaturated/α-hetero) is 1. The monoisotopic (exact) mass is 309 g/mol. The molecule has 0 saturated carbocycles. The van der Waals surface area contributed by atoms with Crippen LogP contribution in [0, 0.1) is 6.92 Å². The Morgan fingerprint density at radius 1 is 1.09 bits per heavy atom. The first-order valence-electron chi connectivity index (χ1n) is 7.12. The van der Waals surface area contributed by atoms with Gasteiger partial charge in [-0.3, -0.25) is 10.1 Å². The zero-order chi connectivity index (χ0) is 16.4. The van der Waals surface area contributed by atoms with Crippen molar-refractivity contribution in [2.75, 3.05) is 5.32 Å². The number of hydrogen-bond donors (Lipinski definition) is 1. The fourth-order valence-corrected chi connectivity index (χ4v) is 2.47. The maximum atomic E-state index is 11.9. The first-order valence-corrected chi connectivity index (χ1v) is 7.12. The predicted octanol–water partition coefficient (Wildman–Crippen LogP) is 4.55. The van der Waals surface area contributed by atoms with Crippen LogP contribution in [-0.4, -0.2) is 11.9 Å². The molecule has 3 aromatic rings. The van der Waals surface area contributed by atoms with Gasteiger partial charge >= 0.3 is 6.09 Å². The summed E-state index contributed by atoms with van der Waals surface area (Å²) in [5, 5.41) is 3.27. The Morgan fingerprint density at radius 2 is 1.83 bits per heavy atom. The van der Waals surface area contributed by atoms with E-state index in [-0.39, 0.29) is 5.78 Å². The molecule has 2 aromatic carbocycles. The number of aryl methyl sites for hydroxylation is 1. The molecule has 0 fully saturated rings. The molecule has 0 aliphatic heterocycles. The zero-order valence-electron chi connectivity index (χ0n) is 12.8. The summed E-state index contributed by atoms with van der Waals surface area (Å²) in [5.41, 5.74) is 1.74. The van der Waals surface area contributed by atoms with Gasteiger partial charge in [0.1, 0.15) is 17.1 Å². The molecule has 5 nitrogen and oxygen atoms in total. The van der Waals surface area contributed by atoms with Crippen LogP contribution in [0.15, 0.2) is 52.9 Å². The largest absolute Gasteiger partial charge is 0.461 e. The van der Waals surface area contributed by atoms with E-state index in [4.69, 9.17) is 9.15 Å². The van der Waals surface area contributed by atoms with Crippen molar-refractivity contribution in [1.29, 1.82) is 0 Å². The predicted molar refractivity (Wildman–Crippen MR) is 87.0 cm³/mol. The van der Waals surface area contributed by atoms with Crippen LogP contribution in [0.3, 0.4) is 0 Å². The van der Waals surface area contributed by atoms with Gasteiger partial charge in [0.05, 0.1) is 5.56 Å². The minimum Gasteiger partial charge on any atom is -0.461 e. The summed E-state index contributed by atoms with van der Waals surface area (Å²) in [4.78, 5) is 23.7. The number of nitrogens with one attached hydrogen (secondary N) is 1. The molecule has 1 heterocycles. The van der Waals surface area contributed by atoms with Crippen molar-refractivity contribution in [3.05, 3.63) is 59.9 Å². The SMILES string of the molecule is CC(=O)c1c(C)oc2ccc(OC(=O)Nc3ccccc3)cc12. The first kappa shape index (κ1) is 14.8. The minimum absolute atomic E-state index is 0.0906. The molecule has 0 saturated heterocycles. The second kappa shape index (κ2) is 5.96. The molecule has 0 bridgehead atoms. The van der Waals surface area contributed by atoms with Crippen LogP contribution >= 0.6 is 0 Å². The molecular formula is C18H15NO4. The van der Waals surface area contributed by atoms with Gasteiger partial charge in [-0.15, -0.1) is 0 Å². The topological polar surface area (TPSA) is 68.5 Å². The lowest BCUT2D eigenvalue weighted by Gasteiger charge is -2.06. The van der Waals surface area contributed by atoms with Crippen LogP contribution in [0.5, 0.6) is 5.75 Å². The van der Waals surface area contributed by atoms with Crippen LogP contribution in [0.2, 0.25) is 0 Å². The highest BCUT2D eigenvalue weighted by molar-refractivity contribution is 6.07. The normalized spacial score (nSPS) is 10.5. The number of ether oxygens (including phenoxy) is 1. The van der Waals surface area contributed by atoms with Crippen LogP contribution in [-0.2, 0) is 0 Å². The Labute approximate surface area is 132 Å². The average molecular weight is 309 g/mol. The van der Waals surface area contributed by atoms with Crippen LogP contribution < -0.4 is 10.1 Å². The number of rotatable bonds is 3. The number of carbonyl (C=O) groups is 2. The van der Waals surface area contributed by atoms with Crippen LogP contribution in [0.4, 0.5) is 10.5 Å². The number of benzene rings is 2. The first-order chi connectivity index (χ1) is 11.0. The second-order valence-corrected chi connectivity index (χ2v) is 5.13. The highest BCUT2D eigenvalue weighted by Gasteiger charge is 2.16. The van der Waals surface area contributed by atoms with Gasteiger partial charge in [0.25, 0.3) is 0 Å². The molecule has 1 N–H and O–H groups in total. The van der Waals surface area contributed by atoms with E-state index in [0.717, 1.165) is 0 Å². The lowest BCUT2D eigenvalue weighted by molar-refractivity contribution is 0.101. The molecule has 1 aromatic heterocycles. The van der Waals surface area contributed by atoms with Gasteiger partial charge in [0.15, 0.2) is 5.78 Å². The molecule has 116 valence electrons. The molecule has 0 atom stereocenters. The molecular weight excluding hydrogens is 294 g/mol. The number of anilines is 1. The van der Waals surface area contributed by atoms with E-state index in [0.29, 0.717) is 33.7 Å². The van der Waals surface area contributed by atoms with Gasteiger partial charge in [-0.1, -0.05) is 18.2 Å². The zero-order valence-corrected chi connectivity index (χ0v) is 12.8. The third-order valence-electron chi connectivity index (χ3n) is 3.42. The molecule has 3 rings (SSSR count). The molecule has 0 aliphatic carbocycles. The third kappa shape index (κ3) is 3.08. The third-order valence-corrected chi connectivity index (χ3v) is 3.42. The summed E-state index contributed by atoms with van der Waals surface area (Å²) in [6.45, 7) is 3.21. The standard InChI is InChI=1S/C18H15NO4/c1-11(20)17-12(2)22-16-9-8-14(10-15(16)17)23-18(21)19-13-6-4-3-5-7-13/h3-10H,1-2H3,(H,19,21). The summed E-state index contributed by atoms with van der Waals surface area (Å²) in [6.07, 6.45) is -0.597. The number of para-hydroxylation sites is 1. The highest BCUT2D eigenvalue weighted by atomic mass is 16.6. The van der Waals surface area contributed by atoms with Crippen molar-refractivity contribution in [3.63, 3.8) is 0 Å². The highest BCUT2D eigenvalue weighted by Crippen LogP contribution is 2.29. The lowest BCUT2D eigenvalue weighted by atomic mass is 10.1. The number of ketones is 1. The van der Waals surface area contributed by atoms with Crippen LogP contribution in [0.25, 0.3) is 11.0 Å². The average Bonchev–Trinajstić information content (AvgIpc) is 2.83. The van der Waals surface area contributed by atoms with E-state index < -0.39 is 6.09 Å². The molecule has 0 unspecified atom stereocenters. The fraction of sp³-hybridized carbons (Fsp3) is 0.111. The number of amides is 1. The van der Waals surface area contributed by atoms with Crippen molar-refractivity contribution < 1.29 is 18.7 Å². The van der Waals surface area contributed by atoms with Crippen molar-refractivity contribution >= 4 is 28.5 Å². The molecule has 23 heavy (non-hydrogen) atoms. The van der Waals surface area contributed by atoms with E-state index >= 15 is 0 Å². The Hall–Kier alpha value is -3.08. The maximum Gasteiger partial charge on any atom is 0.417 e. The van der Waals surface area contributed by atoms with Crippen molar-refractivity contribution in [2.24, 2.45) is 0 Å². The van der Waals surface area contributed by atoms with Gasteiger partial charge in [-0.2, -0.15) is 0 Å². The number of fused-ring (bicyclic) bond motifs is 1. The Balaban J connectivity index is 1.84. The number of hydrogen-bond acceptors (Lipinski definition) is 4. The lowest BCUT2D eigenvalue weighted by Crippen LogP contribution is -2.16. The Bertz CT molecular complexity index is 881. The molecule has 0 radical (unpaired) electrons. The maximum absolute atomic E-state index is 11.9. The smallest absolute Gasteiger partial charge is 0.417 e. The summed E-state index contributed by atoms with van der Waals surface area (Å²) < 4.78 is 10.8. The minimum atomic E-state index is -0.597. The van der Waals surface area contributed by atoms with E-state index in [1.54, 1.807) is 37.3 Å². The fourth-order valence-electron chi connectivity index (χ4n) is 2.47. The van der Waals surface area contributed by atoms with Crippen LogP contribution in [0.1, 0.15) is 23.0 Å². The van der Waals surface area contributed by atoms with Gasteiger partial charge in [0.2, 0.25) is 0 Å². The van der Waals surface area contributed by atoms with Crippen molar-refractivity contribution in [3.8, 4) is 5.75 Å². The molecule has 1 amide bonds. The number of furan rings is 1. The van der Waals surface area contributed by atoms with Gasteiger partial charge in [-0.05, 0) is 44.2 Å². The summed E-state index contributed by atoms with van der Waals surface area (Å²) >= 11 is 0. The van der Waals surface area contributed by atoms with E-state index in [2.05, 4.69) is 5.32 Å². The summed E-state index contributed by atoms with van der Waals surface area (Å²) in [7, 11) is 0. The van der Waals surface area contributed by atoms with E-state index in [9.17, 15) is 9.59 Å². The molecule has 0 aliphatic rings. The summed E-state index contributed by atoms with van der Waals surface area (Å²) in [5.74, 6) is 0.805. The molecule has 0 spiro atoms. The Kier molecular flexibility index (Phi) is 3.85. The van der Waals surface area contributed by atoms with Gasteiger partial charge in [-0.25, -0.2) is 4.79 Å². The van der Waals surface area contributed by atoms with Crippen molar-refractivity contribution in [2.45, 2.75) is 13.8 Å². The van der Waals surface area contributed by atoms with Gasteiger partial charge < -0.3 is 9.15 Å². The quantitative estimate of drug-likeness (QED) is 0.720. The van der Waals surface area contributed by atoms with Crippen molar-refractivity contribution in [1.82, 2.24) is 0 Å². The van der Waals surface area contributed by atoms with Gasteiger partial charge in [0, 0.05) is 11.1 Å². The van der Waals surface area contributed by atoms with E-state index in [1.165, 1.54) is 6.92 Å². The molecule has 5 heteroatoms. The summed E-state index contributed by atoms with van der Waals surface area (Å²) in [6, 6.07) is 13.9.